The van der Waals surface area contributed by atoms with Crippen molar-refractivity contribution < 1.29 is 4.79 Å². The fraction of sp³-hybridized carbons (Fsp3) is 0.667. The number of carbonyl (C=O) groups is 1. The molecule has 0 atom stereocenters. The monoisotopic (exact) mass is 453 g/mol. The first kappa shape index (κ1) is 22.1. The molecule has 132 valence electrons. The number of nitrogens with one attached hydrogen (secondary N) is 3. The molecule has 8 heteroatoms. The number of aliphatic imine (C=N–C) groups is 1. The second-order valence-electron chi connectivity index (χ2n) is 6.04. The van der Waals surface area contributed by atoms with Crippen LogP contribution >= 0.6 is 35.3 Å². The zero-order valence-electron chi connectivity index (χ0n) is 14.5. The van der Waals surface area contributed by atoms with Gasteiger partial charge in [0.25, 0.3) is 0 Å². The molecular weight excluding hydrogens is 425 g/mol. The van der Waals surface area contributed by atoms with Crippen LogP contribution in [0, 0.1) is 12.3 Å². The van der Waals surface area contributed by atoms with Gasteiger partial charge in [-0.25, -0.2) is 4.98 Å². The number of rotatable bonds is 6. The Hall–Kier alpha value is -0.900. The molecule has 0 bridgehead atoms. The second kappa shape index (κ2) is 10.8. The Morgan fingerprint density at radius 3 is 2.35 bits per heavy atom. The average Bonchev–Trinajstić information content (AvgIpc) is 2.85. The van der Waals surface area contributed by atoms with Gasteiger partial charge in [0.05, 0.1) is 10.7 Å². The largest absolute Gasteiger partial charge is 0.356 e. The van der Waals surface area contributed by atoms with Gasteiger partial charge in [0, 0.05) is 43.9 Å². The van der Waals surface area contributed by atoms with E-state index in [0.29, 0.717) is 13.1 Å². The first-order valence-electron chi connectivity index (χ1n) is 7.46. The summed E-state index contributed by atoms with van der Waals surface area (Å²) in [6, 6.07) is 0. The SMILES string of the molecule is CN=C(NCCNC(=O)C(C)(C)C)NCCc1csc(C)n1.I. The highest BCUT2D eigenvalue weighted by Gasteiger charge is 2.20. The van der Waals surface area contributed by atoms with Crippen molar-refractivity contribution in [3.63, 3.8) is 0 Å². The van der Waals surface area contributed by atoms with E-state index in [2.05, 4.69) is 31.3 Å². The number of amides is 1. The maximum atomic E-state index is 11.7. The van der Waals surface area contributed by atoms with Gasteiger partial charge < -0.3 is 16.0 Å². The molecule has 6 nitrogen and oxygen atoms in total. The third-order valence-corrected chi connectivity index (χ3v) is 3.77. The lowest BCUT2D eigenvalue weighted by atomic mass is 9.96. The van der Waals surface area contributed by atoms with Gasteiger partial charge in [0.1, 0.15) is 0 Å². The molecule has 1 rings (SSSR count). The van der Waals surface area contributed by atoms with Gasteiger partial charge in [-0.3, -0.25) is 9.79 Å². The smallest absolute Gasteiger partial charge is 0.225 e. The zero-order chi connectivity index (χ0) is 16.6. The van der Waals surface area contributed by atoms with Crippen molar-refractivity contribution in [2.24, 2.45) is 10.4 Å². The minimum absolute atomic E-state index is 0. The van der Waals surface area contributed by atoms with Crippen molar-refractivity contribution in [3.8, 4) is 0 Å². The number of aromatic nitrogens is 1. The molecule has 0 aromatic carbocycles. The van der Waals surface area contributed by atoms with Crippen molar-refractivity contribution in [2.45, 2.75) is 34.1 Å². The molecule has 0 unspecified atom stereocenters. The van der Waals surface area contributed by atoms with Crippen LogP contribution in [0.25, 0.3) is 0 Å². The zero-order valence-corrected chi connectivity index (χ0v) is 17.7. The Bertz CT molecular complexity index is 510. The number of hydrogen-bond donors (Lipinski definition) is 3. The highest BCUT2D eigenvalue weighted by atomic mass is 127. The Balaban J connectivity index is 0.00000484. The summed E-state index contributed by atoms with van der Waals surface area (Å²) in [7, 11) is 1.73. The lowest BCUT2D eigenvalue weighted by Gasteiger charge is -2.18. The van der Waals surface area contributed by atoms with Crippen molar-refractivity contribution in [1.29, 1.82) is 0 Å². The molecule has 1 aromatic rings. The van der Waals surface area contributed by atoms with Crippen LogP contribution in [0.2, 0.25) is 0 Å². The van der Waals surface area contributed by atoms with Gasteiger partial charge in [-0.1, -0.05) is 20.8 Å². The average molecular weight is 453 g/mol. The molecule has 1 heterocycles. The number of hydrogen-bond acceptors (Lipinski definition) is 4. The van der Waals surface area contributed by atoms with E-state index in [-0.39, 0.29) is 35.3 Å². The van der Waals surface area contributed by atoms with Gasteiger partial charge in [0.2, 0.25) is 5.91 Å². The summed E-state index contributed by atoms with van der Waals surface area (Å²) in [6.07, 6.45) is 0.867. The minimum atomic E-state index is -0.356. The van der Waals surface area contributed by atoms with Gasteiger partial charge in [-0.15, -0.1) is 35.3 Å². The van der Waals surface area contributed by atoms with Gasteiger partial charge in [-0.05, 0) is 6.92 Å². The molecule has 3 N–H and O–H groups in total. The van der Waals surface area contributed by atoms with E-state index < -0.39 is 0 Å². The molecule has 0 saturated carbocycles. The molecule has 0 fully saturated rings. The van der Waals surface area contributed by atoms with E-state index in [1.165, 1.54) is 0 Å². The maximum Gasteiger partial charge on any atom is 0.225 e. The Labute approximate surface area is 160 Å². The van der Waals surface area contributed by atoms with Crippen molar-refractivity contribution in [1.82, 2.24) is 20.9 Å². The van der Waals surface area contributed by atoms with E-state index >= 15 is 0 Å². The Morgan fingerprint density at radius 2 is 1.83 bits per heavy atom. The molecule has 0 spiro atoms. The standard InChI is InChI=1S/C15H27N5OS.HI/c1-11-20-12(10-22-11)6-7-18-14(16-5)19-9-8-17-13(21)15(2,3)4;/h10H,6-9H2,1-5H3,(H,17,21)(H2,16,18,19);1H. The van der Waals surface area contributed by atoms with E-state index in [4.69, 9.17) is 0 Å². The van der Waals surface area contributed by atoms with E-state index in [0.717, 1.165) is 29.6 Å². The molecule has 0 aliphatic rings. The van der Waals surface area contributed by atoms with Crippen LogP contribution < -0.4 is 16.0 Å². The fourth-order valence-corrected chi connectivity index (χ4v) is 2.32. The van der Waals surface area contributed by atoms with Crippen LogP contribution in [0.15, 0.2) is 10.4 Å². The third kappa shape index (κ3) is 9.09. The van der Waals surface area contributed by atoms with Gasteiger partial charge in [-0.2, -0.15) is 0 Å². The molecule has 0 saturated heterocycles. The number of guanidine groups is 1. The first-order valence-corrected chi connectivity index (χ1v) is 8.34. The number of halogens is 1. The Morgan fingerprint density at radius 1 is 1.22 bits per heavy atom. The number of aryl methyl sites for hydroxylation is 1. The minimum Gasteiger partial charge on any atom is -0.356 e. The maximum absolute atomic E-state index is 11.7. The summed E-state index contributed by atoms with van der Waals surface area (Å²) in [6.45, 7) is 9.69. The van der Waals surface area contributed by atoms with Crippen LogP contribution in [0.3, 0.4) is 0 Å². The topological polar surface area (TPSA) is 78.4 Å². The number of nitrogens with zero attached hydrogens (tertiary/aromatic N) is 2. The molecule has 0 radical (unpaired) electrons. The lowest BCUT2D eigenvalue weighted by Crippen LogP contribution is -2.43. The highest BCUT2D eigenvalue weighted by Crippen LogP contribution is 2.11. The fourth-order valence-electron chi connectivity index (χ4n) is 1.67. The first-order chi connectivity index (χ1) is 10.3. The number of carbonyl (C=O) groups excluding carboxylic acids is 1. The van der Waals surface area contributed by atoms with Crippen molar-refractivity contribution >= 4 is 47.2 Å². The molecule has 23 heavy (non-hydrogen) atoms. The molecule has 1 amide bonds. The summed E-state index contributed by atoms with van der Waals surface area (Å²) in [5.41, 5.74) is 0.744. The van der Waals surface area contributed by atoms with Crippen molar-refractivity contribution in [2.75, 3.05) is 26.7 Å². The quantitative estimate of drug-likeness (QED) is 0.266. The van der Waals surface area contributed by atoms with Crippen molar-refractivity contribution in [3.05, 3.63) is 16.1 Å². The molecule has 0 aliphatic carbocycles. The summed E-state index contributed by atoms with van der Waals surface area (Å²) >= 11 is 1.67. The summed E-state index contributed by atoms with van der Waals surface area (Å²) in [5.74, 6) is 0.785. The van der Waals surface area contributed by atoms with Crippen LogP contribution in [-0.2, 0) is 11.2 Å². The Kier molecular flexibility index (Phi) is 10.4. The third-order valence-electron chi connectivity index (χ3n) is 2.95. The van der Waals surface area contributed by atoms with Crippen LogP contribution in [0.1, 0.15) is 31.5 Å². The summed E-state index contributed by atoms with van der Waals surface area (Å²) in [5, 5.41) is 12.5. The van der Waals surface area contributed by atoms with E-state index in [1.807, 2.05) is 27.7 Å². The highest BCUT2D eigenvalue weighted by molar-refractivity contribution is 14.0. The molecule has 1 aromatic heterocycles. The predicted molar refractivity (Wildman–Crippen MR) is 108 cm³/mol. The van der Waals surface area contributed by atoms with Crippen LogP contribution in [0.5, 0.6) is 0 Å². The molecular formula is C15H28IN5OS. The van der Waals surface area contributed by atoms with Crippen LogP contribution in [-0.4, -0.2) is 43.5 Å². The van der Waals surface area contributed by atoms with Gasteiger partial charge in [0.15, 0.2) is 5.96 Å². The predicted octanol–water partition coefficient (Wildman–Crippen LogP) is 1.94. The van der Waals surface area contributed by atoms with E-state index in [9.17, 15) is 4.79 Å². The summed E-state index contributed by atoms with van der Waals surface area (Å²) in [4.78, 5) is 20.3. The van der Waals surface area contributed by atoms with E-state index in [1.54, 1.807) is 18.4 Å². The van der Waals surface area contributed by atoms with Gasteiger partial charge >= 0.3 is 0 Å². The van der Waals surface area contributed by atoms with Crippen LogP contribution in [0.4, 0.5) is 0 Å². The molecule has 0 aliphatic heterocycles. The summed E-state index contributed by atoms with van der Waals surface area (Å²) < 4.78 is 0. The normalized spacial score (nSPS) is 11.6. The second-order valence-corrected chi connectivity index (χ2v) is 7.10. The number of thiazole rings is 1. The lowest BCUT2D eigenvalue weighted by molar-refractivity contribution is -0.128.